The second kappa shape index (κ2) is 6.46. The van der Waals surface area contributed by atoms with Gasteiger partial charge in [-0.15, -0.1) is 0 Å². The number of carbonyl (C=O) groups excluding carboxylic acids is 1. The van der Waals surface area contributed by atoms with Crippen LogP contribution in [-0.2, 0) is 18.3 Å². The molecule has 0 bridgehead atoms. The number of pyridine rings is 1. The lowest BCUT2D eigenvalue weighted by Crippen LogP contribution is -2.27. The third-order valence-corrected chi connectivity index (χ3v) is 2.76. The smallest absolute Gasteiger partial charge is 0.413 e. The highest BCUT2D eigenvalue weighted by molar-refractivity contribution is 5.83. The van der Waals surface area contributed by atoms with Crippen molar-refractivity contribution < 1.29 is 9.53 Å². The Bertz CT molecular complexity index is 628. The van der Waals surface area contributed by atoms with Crippen LogP contribution in [0, 0.1) is 0 Å². The summed E-state index contributed by atoms with van der Waals surface area (Å²) < 4.78 is 7.11. The fraction of sp³-hybridized carbons (Fsp3) is 0.400. The number of ether oxygens (including phenoxy) is 1. The fourth-order valence-electron chi connectivity index (χ4n) is 1.73. The van der Waals surface area contributed by atoms with E-state index in [2.05, 4.69) is 20.6 Å². The lowest BCUT2D eigenvalue weighted by Gasteiger charge is -2.19. The highest BCUT2D eigenvalue weighted by Gasteiger charge is 2.16. The molecule has 2 rings (SSSR count). The fourth-order valence-corrected chi connectivity index (χ4v) is 1.73. The standard InChI is InChI=1S/C15H21N5O2/c1-15(2,3)22-14(21)19-12-6-5-11(9-18-12)17-10-13-16-7-8-20(13)4/h5-9,17H,10H2,1-4H3,(H,18,19,21). The van der Waals surface area contributed by atoms with E-state index in [1.54, 1.807) is 18.5 Å². The molecule has 0 unspecified atom stereocenters. The van der Waals surface area contributed by atoms with Crippen LogP contribution in [0.25, 0.3) is 0 Å². The molecule has 0 aromatic carbocycles. The summed E-state index contributed by atoms with van der Waals surface area (Å²) in [5, 5.41) is 5.80. The summed E-state index contributed by atoms with van der Waals surface area (Å²) in [6.07, 6.45) is 4.77. The third kappa shape index (κ3) is 4.76. The zero-order chi connectivity index (χ0) is 16.2. The Kier molecular flexibility index (Phi) is 4.65. The van der Waals surface area contributed by atoms with E-state index in [4.69, 9.17) is 4.74 Å². The first-order valence-corrected chi connectivity index (χ1v) is 6.99. The van der Waals surface area contributed by atoms with Crippen molar-refractivity contribution in [3.63, 3.8) is 0 Å². The summed E-state index contributed by atoms with van der Waals surface area (Å²) in [5.41, 5.74) is 0.311. The van der Waals surface area contributed by atoms with Gasteiger partial charge in [-0.25, -0.2) is 14.8 Å². The van der Waals surface area contributed by atoms with Crippen LogP contribution < -0.4 is 10.6 Å². The van der Waals surface area contributed by atoms with Gasteiger partial charge in [0.25, 0.3) is 0 Å². The van der Waals surface area contributed by atoms with Crippen molar-refractivity contribution in [3.05, 3.63) is 36.5 Å². The highest BCUT2D eigenvalue weighted by atomic mass is 16.6. The van der Waals surface area contributed by atoms with Crippen LogP contribution in [0.3, 0.4) is 0 Å². The number of anilines is 2. The van der Waals surface area contributed by atoms with Crippen molar-refractivity contribution in [3.8, 4) is 0 Å². The molecule has 2 aromatic rings. The molecule has 0 radical (unpaired) electrons. The predicted octanol–water partition coefficient (Wildman–Crippen LogP) is 2.77. The lowest BCUT2D eigenvalue weighted by molar-refractivity contribution is 0.0635. The summed E-state index contributed by atoms with van der Waals surface area (Å²) in [6.45, 7) is 6.03. The van der Waals surface area contributed by atoms with E-state index in [-0.39, 0.29) is 0 Å². The number of hydrogen-bond acceptors (Lipinski definition) is 5. The molecule has 0 aliphatic heterocycles. The Morgan fingerprint density at radius 1 is 1.32 bits per heavy atom. The number of nitrogens with one attached hydrogen (secondary N) is 2. The van der Waals surface area contributed by atoms with Crippen LogP contribution in [0.4, 0.5) is 16.3 Å². The first kappa shape index (κ1) is 15.8. The normalized spacial score (nSPS) is 11.1. The third-order valence-electron chi connectivity index (χ3n) is 2.76. The van der Waals surface area contributed by atoms with Crippen molar-refractivity contribution in [1.82, 2.24) is 14.5 Å². The highest BCUT2D eigenvalue weighted by Crippen LogP contribution is 2.13. The Balaban J connectivity index is 1.87. The van der Waals surface area contributed by atoms with Crippen LogP contribution >= 0.6 is 0 Å². The average Bonchev–Trinajstić information content (AvgIpc) is 2.81. The van der Waals surface area contributed by atoms with Gasteiger partial charge in [0.1, 0.15) is 17.2 Å². The number of nitrogens with zero attached hydrogens (tertiary/aromatic N) is 3. The number of amides is 1. The molecule has 7 heteroatoms. The molecule has 7 nitrogen and oxygen atoms in total. The molecule has 22 heavy (non-hydrogen) atoms. The van der Waals surface area contributed by atoms with Gasteiger partial charge >= 0.3 is 6.09 Å². The molecule has 0 saturated carbocycles. The van der Waals surface area contributed by atoms with Gasteiger partial charge in [-0.2, -0.15) is 0 Å². The maximum Gasteiger partial charge on any atom is 0.413 e. The topological polar surface area (TPSA) is 81.1 Å². The van der Waals surface area contributed by atoms with Gasteiger partial charge in [0, 0.05) is 19.4 Å². The van der Waals surface area contributed by atoms with Crippen LogP contribution in [0.2, 0.25) is 0 Å². The second-order valence-electron chi connectivity index (χ2n) is 5.87. The van der Waals surface area contributed by atoms with E-state index in [9.17, 15) is 4.79 Å². The molecule has 2 heterocycles. The molecule has 0 fully saturated rings. The number of imidazole rings is 1. The predicted molar refractivity (Wildman–Crippen MR) is 84.6 cm³/mol. The first-order chi connectivity index (χ1) is 10.3. The van der Waals surface area contributed by atoms with Gasteiger partial charge in [0.05, 0.1) is 18.4 Å². The van der Waals surface area contributed by atoms with Gasteiger partial charge in [0.15, 0.2) is 0 Å². The molecule has 0 aliphatic carbocycles. The maximum absolute atomic E-state index is 11.6. The molecule has 2 aromatic heterocycles. The molecule has 118 valence electrons. The van der Waals surface area contributed by atoms with Crippen molar-refractivity contribution in [2.75, 3.05) is 10.6 Å². The molecule has 0 atom stereocenters. The minimum absolute atomic E-state index is 0.441. The van der Waals surface area contributed by atoms with Crippen LogP contribution in [-0.4, -0.2) is 26.2 Å². The molecule has 2 N–H and O–H groups in total. The molecular weight excluding hydrogens is 282 g/mol. The van der Waals surface area contributed by atoms with Crippen molar-refractivity contribution in [2.24, 2.45) is 7.05 Å². The quantitative estimate of drug-likeness (QED) is 0.907. The van der Waals surface area contributed by atoms with E-state index in [1.807, 2.05) is 44.6 Å². The Hall–Kier alpha value is -2.57. The van der Waals surface area contributed by atoms with Gasteiger partial charge in [-0.05, 0) is 32.9 Å². The van der Waals surface area contributed by atoms with E-state index in [0.717, 1.165) is 11.5 Å². The molecule has 0 saturated heterocycles. The zero-order valence-corrected chi connectivity index (χ0v) is 13.3. The van der Waals surface area contributed by atoms with Crippen LogP contribution in [0.1, 0.15) is 26.6 Å². The number of aryl methyl sites for hydroxylation is 1. The van der Waals surface area contributed by atoms with E-state index < -0.39 is 11.7 Å². The maximum atomic E-state index is 11.6. The molecule has 0 spiro atoms. The van der Waals surface area contributed by atoms with Gasteiger partial charge in [-0.1, -0.05) is 0 Å². The minimum Gasteiger partial charge on any atom is -0.444 e. The number of aromatic nitrogens is 3. The van der Waals surface area contributed by atoms with Gasteiger partial charge < -0.3 is 14.6 Å². The Morgan fingerprint density at radius 3 is 2.64 bits per heavy atom. The summed E-state index contributed by atoms with van der Waals surface area (Å²) in [7, 11) is 1.94. The largest absolute Gasteiger partial charge is 0.444 e. The summed E-state index contributed by atoms with van der Waals surface area (Å²) in [5.74, 6) is 1.37. The minimum atomic E-state index is -0.534. The van der Waals surface area contributed by atoms with Crippen LogP contribution in [0.5, 0.6) is 0 Å². The zero-order valence-electron chi connectivity index (χ0n) is 13.3. The second-order valence-corrected chi connectivity index (χ2v) is 5.87. The van der Waals surface area contributed by atoms with Crippen molar-refractivity contribution in [1.29, 1.82) is 0 Å². The van der Waals surface area contributed by atoms with Gasteiger partial charge in [-0.3, -0.25) is 5.32 Å². The van der Waals surface area contributed by atoms with E-state index in [0.29, 0.717) is 12.4 Å². The van der Waals surface area contributed by atoms with Crippen molar-refractivity contribution >= 4 is 17.6 Å². The summed E-state index contributed by atoms with van der Waals surface area (Å²) in [6, 6.07) is 3.55. The summed E-state index contributed by atoms with van der Waals surface area (Å²) >= 11 is 0. The number of carbonyl (C=O) groups is 1. The monoisotopic (exact) mass is 303 g/mol. The molecule has 1 amide bonds. The van der Waals surface area contributed by atoms with E-state index >= 15 is 0 Å². The number of hydrogen-bond donors (Lipinski definition) is 2. The Morgan fingerprint density at radius 2 is 2.09 bits per heavy atom. The molecule has 0 aliphatic rings. The molecular formula is C15H21N5O2. The lowest BCUT2D eigenvalue weighted by atomic mass is 10.2. The van der Waals surface area contributed by atoms with E-state index in [1.165, 1.54) is 0 Å². The first-order valence-electron chi connectivity index (χ1n) is 6.99. The van der Waals surface area contributed by atoms with Gasteiger partial charge in [0.2, 0.25) is 0 Å². The summed E-state index contributed by atoms with van der Waals surface area (Å²) in [4.78, 5) is 20.0. The SMILES string of the molecule is Cn1ccnc1CNc1ccc(NC(=O)OC(C)(C)C)nc1. The Labute approximate surface area is 129 Å². The van der Waals surface area contributed by atoms with Crippen molar-refractivity contribution in [2.45, 2.75) is 32.9 Å². The average molecular weight is 303 g/mol. The number of rotatable bonds is 4. The van der Waals surface area contributed by atoms with Crippen LogP contribution in [0.15, 0.2) is 30.7 Å².